The van der Waals surface area contributed by atoms with Crippen LogP contribution in [0.3, 0.4) is 0 Å². The molecule has 0 amide bonds. The summed E-state index contributed by atoms with van der Waals surface area (Å²) >= 11 is 0. The third-order valence-electron chi connectivity index (χ3n) is 1.00. The summed E-state index contributed by atoms with van der Waals surface area (Å²) in [6.07, 6.45) is 0. The standard InChI is InChI=1S/C9H8N.W.Y/c1-8(2)10-9-6-4-3-5-7-9;;/h1,3-6,10H,2H2;;/q-3;;. The van der Waals surface area contributed by atoms with Crippen LogP contribution in [-0.2, 0) is 53.8 Å². The zero-order chi connectivity index (χ0) is 7.40. The van der Waals surface area contributed by atoms with Crippen LogP contribution in [0.25, 0.3) is 0 Å². The Bertz CT molecular complexity index is 223. The molecule has 1 radical (unpaired) electrons. The molecular formula is C9H8NWY-3. The van der Waals surface area contributed by atoms with Gasteiger partial charge in [0.1, 0.15) is 0 Å². The molecule has 0 aliphatic carbocycles. The van der Waals surface area contributed by atoms with Gasteiger partial charge in [0.2, 0.25) is 0 Å². The summed E-state index contributed by atoms with van der Waals surface area (Å²) in [4.78, 5) is 0. The fourth-order valence-corrected chi connectivity index (χ4v) is 0.644. The smallest absolute Gasteiger partial charge is 0 e. The van der Waals surface area contributed by atoms with Crippen LogP contribution in [-0.4, -0.2) is 0 Å². The minimum atomic E-state index is 0. The molecule has 1 aromatic rings. The van der Waals surface area contributed by atoms with Crippen LogP contribution in [0.5, 0.6) is 0 Å². The number of benzene rings is 1. The normalized spacial score (nSPS) is 7.33. The Balaban J connectivity index is 0. The van der Waals surface area contributed by atoms with Crippen molar-refractivity contribution < 1.29 is 53.8 Å². The predicted molar refractivity (Wildman–Crippen MR) is 42.1 cm³/mol. The molecule has 0 spiro atoms. The van der Waals surface area contributed by atoms with Crippen LogP contribution in [0.2, 0.25) is 0 Å². The maximum Gasteiger partial charge on any atom is 0 e. The van der Waals surface area contributed by atoms with Crippen molar-refractivity contribution in [3.05, 3.63) is 49.5 Å². The monoisotopic (exact) mass is 403 g/mol. The van der Waals surface area contributed by atoms with Gasteiger partial charge in [-0.2, -0.15) is 24.3 Å². The Kier molecular flexibility index (Phi) is 10.00. The molecule has 61 valence electrons. The van der Waals surface area contributed by atoms with Gasteiger partial charge in [0.15, 0.2) is 0 Å². The van der Waals surface area contributed by atoms with Crippen molar-refractivity contribution in [2.24, 2.45) is 0 Å². The topological polar surface area (TPSA) is 12.0 Å². The molecular weight excluding hydrogens is 395 g/mol. The van der Waals surface area contributed by atoms with E-state index in [-0.39, 0.29) is 53.8 Å². The van der Waals surface area contributed by atoms with Crippen LogP contribution in [0, 0.1) is 19.6 Å². The molecule has 1 rings (SSSR count). The third kappa shape index (κ3) is 6.00. The molecule has 0 saturated heterocycles. The molecule has 1 nitrogen and oxygen atoms in total. The fraction of sp³-hybridized carbons (Fsp3) is 0. The molecule has 0 aliphatic heterocycles. The second kappa shape index (κ2) is 8.04. The maximum absolute atomic E-state index is 5.30. The molecule has 0 fully saturated rings. The van der Waals surface area contributed by atoms with Crippen molar-refractivity contribution in [2.45, 2.75) is 0 Å². The molecule has 1 N–H and O–H groups in total. The predicted octanol–water partition coefficient (Wildman–Crippen LogP) is 2.04. The molecule has 0 aromatic heterocycles. The number of rotatable bonds is 2. The first-order valence-electron chi connectivity index (χ1n) is 2.97. The van der Waals surface area contributed by atoms with E-state index < -0.39 is 0 Å². The van der Waals surface area contributed by atoms with E-state index in [1.807, 2.05) is 24.3 Å². The van der Waals surface area contributed by atoms with Gasteiger partial charge in [-0.15, -0.1) is 6.07 Å². The minimum absolute atomic E-state index is 0. The Hall–Kier alpha value is 0.422. The minimum Gasteiger partial charge on any atom is -0.525 e. The van der Waals surface area contributed by atoms with Gasteiger partial charge in [-0.3, -0.25) is 0 Å². The first-order valence-corrected chi connectivity index (χ1v) is 2.97. The van der Waals surface area contributed by atoms with Crippen LogP contribution in [0.4, 0.5) is 5.69 Å². The van der Waals surface area contributed by atoms with Gasteiger partial charge in [0, 0.05) is 53.8 Å². The molecule has 0 unspecified atom stereocenters. The average Bonchev–Trinajstić information content (AvgIpc) is 1.88. The fourth-order valence-electron chi connectivity index (χ4n) is 0.644. The summed E-state index contributed by atoms with van der Waals surface area (Å²) in [6.45, 7) is 8.80. The van der Waals surface area contributed by atoms with Crippen molar-refractivity contribution in [2.75, 3.05) is 5.32 Å². The van der Waals surface area contributed by atoms with E-state index in [0.29, 0.717) is 5.70 Å². The van der Waals surface area contributed by atoms with Gasteiger partial charge in [-0.25, -0.2) is 0 Å². The molecule has 0 atom stereocenters. The zero-order valence-corrected chi connectivity index (χ0v) is 12.4. The van der Waals surface area contributed by atoms with E-state index >= 15 is 0 Å². The van der Waals surface area contributed by atoms with Crippen LogP contribution >= 0.6 is 0 Å². The van der Waals surface area contributed by atoms with Gasteiger partial charge in [0.05, 0.1) is 0 Å². The van der Waals surface area contributed by atoms with E-state index in [4.69, 9.17) is 6.58 Å². The van der Waals surface area contributed by atoms with E-state index in [1.165, 1.54) is 0 Å². The van der Waals surface area contributed by atoms with Crippen molar-refractivity contribution in [3.8, 4) is 0 Å². The van der Waals surface area contributed by atoms with Crippen LogP contribution in [0.15, 0.2) is 30.0 Å². The second-order valence-electron chi connectivity index (χ2n) is 1.93. The van der Waals surface area contributed by atoms with Gasteiger partial charge in [0.25, 0.3) is 0 Å². The van der Waals surface area contributed by atoms with Crippen molar-refractivity contribution in [3.63, 3.8) is 0 Å². The van der Waals surface area contributed by atoms with E-state index in [2.05, 4.69) is 18.3 Å². The van der Waals surface area contributed by atoms with Gasteiger partial charge in [-0.05, 0) is 0 Å². The Morgan fingerprint density at radius 1 is 1.50 bits per heavy atom. The first kappa shape index (κ1) is 14.9. The number of hydrogen-bond acceptors (Lipinski definition) is 1. The summed E-state index contributed by atoms with van der Waals surface area (Å²) in [5.41, 5.74) is 1.28. The Morgan fingerprint density at radius 3 is 2.58 bits per heavy atom. The summed E-state index contributed by atoms with van der Waals surface area (Å²) in [6, 6.07) is 10.4. The van der Waals surface area contributed by atoms with E-state index in [0.717, 1.165) is 5.69 Å². The largest absolute Gasteiger partial charge is 0.525 e. The van der Waals surface area contributed by atoms with Gasteiger partial charge < -0.3 is 24.5 Å². The van der Waals surface area contributed by atoms with Crippen molar-refractivity contribution >= 4 is 5.69 Å². The first-order chi connectivity index (χ1) is 4.79. The Morgan fingerprint density at radius 2 is 2.17 bits per heavy atom. The van der Waals surface area contributed by atoms with Gasteiger partial charge in [-0.1, -0.05) is 5.69 Å². The SMILES string of the molecule is [CH-]=C([CH2-])Nc1[c-]cccc1.[W].[Y]. The second-order valence-corrected chi connectivity index (χ2v) is 1.93. The molecule has 1 aromatic carbocycles. The third-order valence-corrected chi connectivity index (χ3v) is 1.00. The molecule has 3 heteroatoms. The number of hydrogen-bond donors (Lipinski definition) is 1. The van der Waals surface area contributed by atoms with Crippen molar-refractivity contribution in [1.29, 1.82) is 0 Å². The average molecular weight is 403 g/mol. The summed E-state index contributed by atoms with van der Waals surface area (Å²) in [5, 5.41) is 2.83. The summed E-state index contributed by atoms with van der Waals surface area (Å²) in [5.74, 6) is 0. The quantitative estimate of drug-likeness (QED) is 0.746. The molecule has 0 saturated carbocycles. The molecule has 0 aliphatic rings. The zero-order valence-electron chi connectivity index (χ0n) is 6.58. The van der Waals surface area contributed by atoms with Crippen LogP contribution in [0.1, 0.15) is 0 Å². The van der Waals surface area contributed by atoms with E-state index in [9.17, 15) is 0 Å². The number of allylic oxidation sites excluding steroid dienone is 1. The number of para-hydroxylation sites is 1. The van der Waals surface area contributed by atoms with E-state index in [1.54, 1.807) is 0 Å². The number of anilines is 1. The van der Waals surface area contributed by atoms with Crippen molar-refractivity contribution in [1.82, 2.24) is 0 Å². The summed E-state index contributed by atoms with van der Waals surface area (Å²) in [7, 11) is 0. The summed E-state index contributed by atoms with van der Waals surface area (Å²) < 4.78 is 0. The van der Waals surface area contributed by atoms with Crippen LogP contribution < -0.4 is 5.32 Å². The van der Waals surface area contributed by atoms with Gasteiger partial charge >= 0.3 is 0 Å². The molecule has 12 heavy (non-hydrogen) atoms. The maximum atomic E-state index is 5.30. The number of nitrogens with one attached hydrogen (secondary N) is 1. The molecule has 0 bridgehead atoms. The Labute approximate surface area is 113 Å². The molecule has 0 heterocycles.